The van der Waals surface area contributed by atoms with Crippen molar-refractivity contribution in [1.82, 2.24) is 10.2 Å². The van der Waals surface area contributed by atoms with Crippen LogP contribution >= 0.6 is 0 Å². The lowest BCUT2D eigenvalue weighted by Crippen LogP contribution is -2.45. The Morgan fingerprint density at radius 1 is 1.04 bits per heavy atom. The van der Waals surface area contributed by atoms with Gasteiger partial charge in [-0.2, -0.15) is 0 Å². The summed E-state index contributed by atoms with van der Waals surface area (Å²) >= 11 is 0. The Labute approximate surface area is 149 Å². The van der Waals surface area contributed by atoms with Crippen LogP contribution in [0, 0.1) is 0 Å². The number of rotatable bonds is 7. The summed E-state index contributed by atoms with van der Waals surface area (Å²) in [4.78, 5) is 14.8. The fraction of sp³-hybridized carbons (Fsp3) is 0.381. The second-order valence-electron chi connectivity index (χ2n) is 6.47. The second kappa shape index (κ2) is 9.35. The van der Waals surface area contributed by atoms with E-state index in [1.54, 1.807) is 0 Å². The first-order valence-electron chi connectivity index (χ1n) is 8.98. The molecule has 1 heterocycles. The van der Waals surface area contributed by atoms with Crippen molar-refractivity contribution >= 4 is 5.91 Å². The van der Waals surface area contributed by atoms with E-state index in [2.05, 4.69) is 29.6 Å². The Morgan fingerprint density at radius 3 is 2.36 bits per heavy atom. The Balaban J connectivity index is 1.63. The van der Waals surface area contributed by atoms with Gasteiger partial charge in [0, 0.05) is 32.1 Å². The summed E-state index contributed by atoms with van der Waals surface area (Å²) in [6.45, 7) is 3.54. The van der Waals surface area contributed by atoms with Gasteiger partial charge in [-0.3, -0.25) is 4.79 Å². The van der Waals surface area contributed by atoms with Crippen LogP contribution in [0.2, 0.25) is 0 Å². The van der Waals surface area contributed by atoms with Crippen molar-refractivity contribution in [3.8, 4) is 0 Å². The van der Waals surface area contributed by atoms with Crippen molar-refractivity contribution in [2.24, 2.45) is 0 Å². The summed E-state index contributed by atoms with van der Waals surface area (Å²) in [6, 6.07) is 20.6. The molecule has 1 aliphatic heterocycles. The number of carbonyl (C=O) groups excluding carboxylic acids is 1. The van der Waals surface area contributed by atoms with Crippen molar-refractivity contribution in [1.29, 1.82) is 0 Å². The van der Waals surface area contributed by atoms with E-state index in [-0.39, 0.29) is 11.9 Å². The third-order valence-corrected chi connectivity index (χ3v) is 4.50. The molecule has 2 aromatic rings. The van der Waals surface area contributed by atoms with Crippen LogP contribution in [0.15, 0.2) is 60.7 Å². The molecule has 0 saturated carbocycles. The normalized spacial score (nSPS) is 17.2. The van der Waals surface area contributed by atoms with Gasteiger partial charge in [-0.15, -0.1) is 0 Å². The fourth-order valence-corrected chi connectivity index (χ4v) is 3.10. The highest BCUT2D eigenvalue weighted by molar-refractivity contribution is 5.77. The minimum absolute atomic E-state index is 0.122. The van der Waals surface area contributed by atoms with Gasteiger partial charge in [-0.25, -0.2) is 0 Å². The highest BCUT2D eigenvalue weighted by atomic mass is 16.5. The van der Waals surface area contributed by atoms with Crippen LogP contribution in [0.5, 0.6) is 0 Å². The maximum Gasteiger partial charge on any atom is 0.224 e. The molecule has 1 saturated heterocycles. The first-order valence-corrected chi connectivity index (χ1v) is 8.98. The molecule has 0 aliphatic carbocycles. The summed E-state index contributed by atoms with van der Waals surface area (Å²) in [5, 5.41) is 3.37. The molecular formula is C21H26N2O2. The molecule has 0 radical (unpaired) electrons. The van der Waals surface area contributed by atoms with Gasteiger partial charge in [0.25, 0.3) is 0 Å². The number of morpholine rings is 1. The molecule has 132 valence electrons. The number of ether oxygens (including phenoxy) is 1. The van der Waals surface area contributed by atoms with Gasteiger partial charge in [0.2, 0.25) is 5.91 Å². The number of nitrogens with zero attached hydrogens (tertiary/aromatic N) is 1. The summed E-state index contributed by atoms with van der Waals surface area (Å²) in [5.74, 6) is 0.183. The molecule has 0 spiro atoms. The van der Waals surface area contributed by atoms with Gasteiger partial charge in [-0.1, -0.05) is 60.7 Å². The smallest absolute Gasteiger partial charge is 0.224 e. The predicted molar refractivity (Wildman–Crippen MR) is 99.2 cm³/mol. The second-order valence-corrected chi connectivity index (χ2v) is 6.47. The zero-order chi connectivity index (χ0) is 17.3. The van der Waals surface area contributed by atoms with E-state index < -0.39 is 0 Å². The van der Waals surface area contributed by atoms with Gasteiger partial charge in [-0.05, 0) is 17.5 Å². The lowest BCUT2D eigenvalue weighted by atomic mass is 10.1. The molecule has 1 N–H and O–H groups in total. The molecule has 4 nitrogen and oxygen atoms in total. The Morgan fingerprint density at radius 2 is 1.72 bits per heavy atom. The lowest BCUT2D eigenvalue weighted by Gasteiger charge is -2.28. The van der Waals surface area contributed by atoms with Crippen LogP contribution in [-0.2, 0) is 22.5 Å². The maximum absolute atomic E-state index is 12.9. The highest BCUT2D eigenvalue weighted by Crippen LogP contribution is 2.11. The zero-order valence-electron chi connectivity index (χ0n) is 14.6. The van der Waals surface area contributed by atoms with Gasteiger partial charge in [0.15, 0.2) is 0 Å². The molecule has 0 aromatic heterocycles. The van der Waals surface area contributed by atoms with Crippen LogP contribution in [0.1, 0.15) is 17.5 Å². The van der Waals surface area contributed by atoms with Crippen molar-refractivity contribution in [2.45, 2.75) is 25.4 Å². The monoisotopic (exact) mass is 338 g/mol. The quantitative estimate of drug-likeness (QED) is 0.844. The van der Waals surface area contributed by atoms with E-state index in [0.717, 1.165) is 31.7 Å². The molecular weight excluding hydrogens is 312 g/mol. The van der Waals surface area contributed by atoms with Crippen molar-refractivity contribution < 1.29 is 9.53 Å². The van der Waals surface area contributed by atoms with Crippen LogP contribution in [-0.4, -0.2) is 43.2 Å². The average molecular weight is 338 g/mol. The van der Waals surface area contributed by atoms with Crippen molar-refractivity contribution in [3.63, 3.8) is 0 Å². The van der Waals surface area contributed by atoms with Crippen LogP contribution < -0.4 is 5.32 Å². The number of nitrogens with one attached hydrogen (secondary N) is 1. The number of benzene rings is 2. The third kappa shape index (κ3) is 5.69. The molecule has 1 atom stereocenters. The topological polar surface area (TPSA) is 41.6 Å². The van der Waals surface area contributed by atoms with Gasteiger partial charge >= 0.3 is 0 Å². The minimum Gasteiger partial charge on any atom is -0.378 e. The number of carbonyl (C=O) groups is 1. The lowest BCUT2D eigenvalue weighted by molar-refractivity contribution is -0.133. The Kier molecular flexibility index (Phi) is 6.60. The summed E-state index contributed by atoms with van der Waals surface area (Å²) < 4.78 is 5.48. The Bertz CT molecular complexity index is 639. The fourth-order valence-electron chi connectivity index (χ4n) is 3.10. The molecule has 2 aromatic carbocycles. The molecule has 1 unspecified atom stereocenters. The van der Waals surface area contributed by atoms with Gasteiger partial charge < -0.3 is 15.0 Å². The van der Waals surface area contributed by atoms with Gasteiger partial charge in [0.05, 0.1) is 13.2 Å². The van der Waals surface area contributed by atoms with E-state index in [4.69, 9.17) is 4.74 Å². The number of amides is 1. The van der Waals surface area contributed by atoms with E-state index in [1.165, 1.54) is 5.56 Å². The molecule has 1 aliphatic rings. The molecule has 1 fully saturated rings. The van der Waals surface area contributed by atoms with E-state index in [1.807, 2.05) is 41.3 Å². The molecule has 1 amide bonds. The largest absolute Gasteiger partial charge is 0.378 e. The van der Waals surface area contributed by atoms with E-state index in [0.29, 0.717) is 19.6 Å². The van der Waals surface area contributed by atoms with Crippen LogP contribution in [0.3, 0.4) is 0 Å². The van der Waals surface area contributed by atoms with E-state index >= 15 is 0 Å². The van der Waals surface area contributed by atoms with Crippen LogP contribution in [0.4, 0.5) is 0 Å². The summed E-state index contributed by atoms with van der Waals surface area (Å²) in [7, 11) is 0. The minimum atomic E-state index is 0.122. The summed E-state index contributed by atoms with van der Waals surface area (Å²) in [5.41, 5.74) is 2.42. The predicted octanol–water partition coefficient (Wildman–Crippen LogP) is 2.64. The SMILES string of the molecule is O=C(CC1COCCN1)N(CCc1ccccc1)Cc1ccccc1. The average Bonchev–Trinajstić information content (AvgIpc) is 2.67. The molecule has 0 bridgehead atoms. The maximum atomic E-state index is 12.9. The number of hydrogen-bond acceptors (Lipinski definition) is 3. The summed E-state index contributed by atoms with van der Waals surface area (Å²) in [6.07, 6.45) is 1.36. The van der Waals surface area contributed by atoms with E-state index in [9.17, 15) is 4.79 Å². The molecule has 25 heavy (non-hydrogen) atoms. The Hall–Kier alpha value is -2.17. The third-order valence-electron chi connectivity index (χ3n) is 4.50. The standard InChI is InChI=1S/C21H26N2O2/c24-21(15-20-17-25-14-12-22-20)23(16-19-9-5-2-6-10-19)13-11-18-7-3-1-4-8-18/h1-10,20,22H,11-17H2. The first kappa shape index (κ1) is 17.6. The van der Waals surface area contributed by atoms with Crippen molar-refractivity contribution in [2.75, 3.05) is 26.3 Å². The van der Waals surface area contributed by atoms with Crippen LogP contribution in [0.25, 0.3) is 0 Å². The molecule has 3 rings (SSSR count). The van der Waals surface area contributed by atoms with Crippen molar-refractivity contribution in [3.05, 3.63) is 71.8 Å². The van der Waals surface area contributed by atoms with Gasteiger partial charge in [0.1, 0.15) is 0 Å². The zero-order valence-corrected chi connectivity index (χ0v) is 14.6. The molecule has 4 heteroatoms. The highest BCUT2D eigenvalue weighted by Gasteiger charge is 2.21. The number of hydrogen-bond donors (Lipinski definition) is 1. The first-order chi connectivity index (χ1) is 12.3.